The number of rotatable bonds is 1. The zero-order chi connectivity index (χ0) is 9.47. The van der Waals surface area contributed by atoms with Gasteiger partial charge in [0.05, 0.1) is 7.11 Å². The van der Waals surface area contributed by atoms with Gasteiger partial charge in [0.25, 0.3) is 0 Å². The Morgan fingerprint density at radius 3 is 3.15 bits per heavy atom. The van der Waals surface area contributed by atoms with E-state index in [9.17, 15) is 9.18 Å². The molecule has 0 N–H and O–H groups in total. The second kappa shape index (κ2) is 2.94. The van der Waals surface area contributed by atoms with Crippen molar-refractivity contribution in [1.29, 1.82) is 0 Å². The number of halogens is 1. The summed E-state index contributed by atoms with van der Waals surface area (Å²) in [6.45, 7) is 1.23. The summed E-state index contributed by atoms with van der Waals surface area (Å²) in [6.07, 6.45) is 1.18. The summed E-state index contributed by atoms with van der Waals surface area (Å²) in [6, 6.07) is 0. The molecule has 3 nitrogen and oxygen atoms in total. The molecule has 2 atom stereocenters. The van der Waals surface area contributed by atoms with E-state index in [1.807, 2.05) is 4.90 Å². The number of nitrogens with zero attached hydrogens (tertiary/aromatic N) is 1. The smallest absolute Gasteiger partial charge is 0.326 e. The Hall–Kier alpha value is -0.640. The molecule has 0 radical (unpaired) electrons. The fourth-order valence-corrected chi connectivity index (χ4v) is 2.61. The van der Waals surface area contributed by atoms with Crippen LogP contribution in [-0.4, -0.2) is 42.8 Å². The molecule has 2 fully saturated rings. The van der Waals surface area contributed by atoms with E-state index in [2.05, 4.69) is 0 Å². The third kappa shape index (κ3) is 1.15. The Labute approximate surface area is 76.8 Å². The summed E-state index contributed by atoms with van der Waals surface area (Å²) in [5.41, 5.74) is -0.617. The fraction of sp³-hybridized carbons (Fsp3) is 0.889. The minimum Gasteiger partial charge on any atom is -0.468 e. The highest BCUT2D eigenvalue weighted by molar-refractivity contribution is 5.81. The first kappa shape index (κ1) is 8.94. The first-order valence-corrected chi connectivity index (χ1v) is 4.66. The number of carbonyl (C=O) groups is 1. The van der Waals surface area contributed by atoms with Crippen molar-refractivity contribution in [2.45, 2.75) is 31.0 Å². The predicted octanol–water partition coefficient (Wildman–Crippen LogP) is 0.736. The quantitative estimate of drug-likeness (QED) is 0.567. The van der Waals surface area contributed by atoms with Gasteiger partial charge in [-0.2, -0.15) is 0 Å². The van der Waals surface area contributed by atoms with Crippen LogP contribution in [0.15, 0.2) is 0 Å². The Morgan fingerprint density at radius 1 is 1.69 bits per heavy atom. The van der Waals surface area contributed by atoms with E-state index in [0.29, 0.717) is 13.0 Å². The highest BCUT2D eigenvalue weighted by atomic mass is 19.1. The number of hydrogen-bond acceptors (Lipinski definition) is 3. The number of hydrogen-bond donors (Lipinski definition) is 0. The van der Waals surface area contributed by atoms with Crippen LogP contribution in [0.3, 0.4) is 0 Å². The Bertz CT molecular complexity index is 234. The summed E-state index contributed by atoms with van der Waals surface area (Å²) in [7, 11) is 1.37. The zero-order valence-corrected chi connectivity index (χ0v) is 7.75. The van der Waals surface area contributed by atoms with E-state index >= 15 is 0 Å². The summed E-state index contributed by atoms with van der Waals surface area (Å²) in [4.78, 5) is 13.5. The average Bonchev–Trinajstić information content (AvgIpc) is 2.59. The van der Waals surface area contributed by atoms with Gasteiger partial charge in [0.15, 0.2) is 0 Å². The van der Waals surface area contributed by atoms with Crippen LogP contribution in [0.5, 0.6) is 0 Å². The maximum atomic E-state index is 13.1. The van der Waals surface area contributed by atoms with Crippen LogP contribution in [0.25, 0.3) is 0 Å². The molecule has 0 aromatic heterocycles. The standard InChI is InChI=1S/C9H14FNO2/c1-13-8(12)9-3-2-4-11(9)6-7(10)5-9/h7H,2-6H2,1H3/t7-,9+/m1/s1. The molecule has 2 aliphatic rings. The minimum absolute atomic E-state index is 0.259. The van der Waals surface area contributed by atoms with Crippen molar-refractivity contribution in [1.82, 2.24) is 4.90 Å². The number of ether oxygens (including phenoxy) is 1. The number of methoxy groups -OCH3 is 1. The van der Waals surface area contributed by atoms with Crippen molar-refractivity contribution in [3.63, 3.8) is 0 Å². The van der Waals surface area contributed by atoms with Gasteiger partial charge in [-0.1, -0.05) is 0 Å². The topological polar surface area (TPSA) is 29.5 Å². The third-order valence-electron chi connectivity index (χ3n) is 3.17. The van der Waals surface area contributed by atoms with Gasteiger partial charge in [-0.25, -0.2) is 4.39 Å². The van der Waals surface area contributed by atoms with Gasteiger partial charge >= 0.3 is 5.97 Å². The molecule has 0 bridgehead atoms. The lowest BCUT2D eigenvalue weighted by Crippen LogP contribution is -2.46. The van der Waals surface area contributed by atoms with Crippen molar-refractivity contribution in [3.8, 4) is 0 Å². The molecular formula is C9H14FNO2. The molecule has 2 heterocycles. The molecule has 0 spiro atoms. The Balaban J connectivity index is 2.23. The lowest BCUT2D eigenvalue weighted by molar-refractivity contribution is -0.151. The van der Waals surface area contributed by atoms with Crippen LogP contribution in [-0.2, 0) is 9.53 Å². The molecule has 13 heavy (non-hydrogen) atoms. The van der Waals surface area contributed by atoms with Gasteiger partial charge in [0.2, 0.25) is 0 Å². The van der Waals surface area contributed by atoms with Gasteiger partial charge in [0.1, 0.15) is 11.7 Å². The van der Waals surface area contributed by atoms with Crippen LogP contribution in [0, 0.1) is 0 Å². The van der Waals surface area contributed by atoms with Crippen molar-refractivity contribution < 1.29 is 13.9 Å². The average molecular weight is 187 g/mol. The largest absolute Gasteiger partial charge is 0.468 e. The lowest BCUT2D eigenvalue weighted by Gasteiger charge is -2.27. The van der Waals surface area contributed by atoms with Gasteiger partial charge in [-0.05, 0) is 19.4 Å². The van der Waals surface area contributed by atoms with Crippen LogP contribution >= 0.6 is 0 Å². The SMILES string of the molecule is COC(=O)[C@@]12CCCN1C[C@H](F)C2. The molecular weight excluding hydrogens is 173 g/mol. The molecule has 0 aliphatic carbocycles. The monoisotopic (exact) mass is 187 g/mol. The minimum atomic E-state index is -0.862. The second-order valence-corrected chi connectivity index (χ2v) is 3.87. The highest BCUT2D eigenvalue weighted by Crippen LogP contribution is 2.40. The van der Waals surface area contributed by atoms with Crippen molar-refractivity contribution >= 4 is 5.97 Å². The number of alkyl halides is 1. The third-order valence-corrected chi connectivity index (χ3v) is 3.17. The molecule has 4 heteroatoms. The van der Waals surface area contributed by atoms with Crippen LogP contribution in [0.4, 0.5) is 4.39 Å². The van der Waals surface area contributed by atoms with Crippen molar-refractivity contribution in [3.05, 3.63) is 0 Å². The maximum Gasteiger partial charge on any atom is 0.326 e. The first-order chi connectivity index (χ1) is 6.19. The molecule has 2 saturated heterocycles. The zero-order valence-electron chi connectivity index (χ0n) is 7.75. The van der Waals surface area contributed by atoms with E-state index in [-0.39, 0.29) is 5.97 Å². The molecule has 0 amide bonds. The van der Waals surface area contributed by atoms with Crippen molar-refractivity contribution in [2.24, 2.45) is 0 Å². The van der Waals surface area contributed by atoms with Crippen molar-refractivity contribution in [2.75, 3.05) is 20.2 Å². The lowest BCUT2D eigenvalue weighted by atomic mass is 9.94. The normalized spacial score (nSPS) is 39.1. The Kier molecular flexibility index (Phi) is 2.02. The first-order valence-electron chi connectivity index (χ1n) is 4.66. The summed E-state index contributed by atoms with van der Waals surface area (Å²) >= 11 is 0. The maximum absolute atomic E-state index is 13.1. The van der Waals surface area contributed by atoms with Gasteiger partial charge < -0.3 is 4.74 Å². The molecule has 0 saturated carbocycles. The van der Waals surface area contributed by atoms with E-state index < -0.39 is 11.7 Å². The Morgan fingerprint density at radius 2 is 2.46 bits per heavy atom. The predicted molar refractivity (Wildman–Crippen MR) is 45.1 cm³/mol. The van der Waals surface area contributed by atoms with Gasteiger partial charge in [-0.15, -0.1) is 0 Å². The van der Waals surface area contributed by atoms with Crippen LogP contribution in [0.1, 0.15) is 19.3 Å². The van der Waals surface area contributed by atoms with Crippen LogP contribution < -0.4 is 0 Å². The van der Waals surface area contributed by atoms with E-state index in [1.54, 1.807) is 0 Å². The van der Waals surface area contributed by atoms with E-state index in [1.165, 1.54) is 7.11 Å². The fourth-order valence-electron chi connectivity index (χ4n) is 2.61. The summed E-state index contributed by atoms with van der Waals surface area (Å²) in [5, 5.41) is 0. The molecule has 0 aromatic carbocycles. The highest BCUT2D eigenvalue weighted by Gasteiger charge is 2.54. The van der Waals surface area contributed by atoms with Gasteiger partial charge in [0, 0.05) is 13.0 Å². The number of esters is 1. The van der Waals surface area contributed by atoms with Crippen LogP contribution in [0.2, 0.25) is 0 Å². The molecule has 74 valence electrons. The molecule has 0 unspecified atom stereocenters. The molecule has 2 rings (SSSR count). The summed E-state index contributed by atoms with van der Waals surface area (Å²) < 4.78 is 17.9. The molecule has 0 aromatic rings. The number of carbonyl (C=O) groups excluding carboxylic acids is 1. The number of fused-ring (bicyclic) bond motifs is 1. The molecule has 2 aliphatic heterocycles. The van der Waals surface area contributed by atoms with Gasteiger partial charge in [-0.3, -0.25) is 9.69 Å². The van der Waals surface area contributed by atoms with E-state index in [0.717, 1.165) is 19.4 Å². The summed E-state index contributed by atoms with van der Waals surface area (Å²) in [5.74, 6) is -0.259. The van der Waals surface area contributed by atoms with E-state index in [4.69, 9.17) is 4.74 Å². The second-order valence-electron chi connectivity index (χ2n) is 3.87.